The van der Waals surface area contributed by atoms with Crippen molar-refractivity contribution in [1.82, 2.24) is 0 Å². The fourth-order valence-electron chi connectivity index (χ4n) is 1.59. The number of nitrogens with zero attached hydrogens (tertiary/aromatic N) is 1. The van der Waals surface area contributed by atoms with Crippen molar-refractivity contribution in [3.8, 4) is 11.1 Å². The van der Waals surface area contributed by atoms with Gasteiger partial charge in [0.25, 0.3) is 5.69 Å². The molecule has 0 radical (unpaired) electrons. The van der Waals surface area contributed by atoms with Crippen LogP contribution in [-0.4, -0.2) is 4.92 Å². The van der Waals surface area contributed by atoms with Crippen LogP contribution in [0, 0.1) is 10.1 Å². The molecule has 19 heavy (non-hydrogen) atoms. The molecule has 2 rings (SSSR count). The zero-order valence-electron chi connectivity index (χ0n) is 9.16. The van der Waals surface area contributed by atoms with Gasteiger partial charge in [0.1, 0.15) is 0 Å². The Morgan fingerprint density at radius 3 is 2.11 bits per heavy atom. The van der Waals surface area contributed by atoms with E-state index in [1.807, 2.05) is 0 Å². The normalized spacial score (nSPS) is 10.5. The molecule has 3 nitrogen and oxygen atoms in total. The van der Waals surface area contributed by atoms with E-state index >= 15 is 0 Å². The van der Waals surface area contributed by atoms with Crippen molar-refractivity contribution in [2.45, 2.75) is 0 Å². The third-order valence-corrected chi connectivity index (χ3v) is 3.92. The summed E-state index contributed by atoms with van der Waals surface area (Å²) in [6.45, 7) is 0. The number of hydrogen-bond acceptors (Lipinski definition) is 2. The van der Waals surface area contributed by atoms with E-state index in [2.05, 4.69) is 0 Å². The summed E-state index contributed by atoms with van der Waals surface area (Å²) in [6.07, 6.45) is 0. The van der Waals surface area contributed by atoms with Crippen molar-refractivity contribution in [3.63, 3.8) is 0 Å². The van der Waals surface area contributed by atoms with Crippen molar-refractivity contribution in [3.05, 3.63) is 60.5 Å². The van der Waals surface area contributed by atoms with Gasteiger partial charge in [-0.25, -0.2) is 0 Å². The monoisotopic (exact) mass is 335 g/mol. The van der Waals surface area contributed by atoms with Gasteiger partial charge in [-0.15, -0.1) is 0 Å². The maximum atomic E-state index is 10.8. The number of benzene rings is 2. The summed E-state index contributed by atoms with van der Waals surface area (Å²) in [5.41, 5.74) is 0.643. The minimum Gasteiger partial charge on any atom is -0.258 e. The Hall–Kier alpha value is -1.000. The van der Waals surface area contributed by atoms with Gasteiger partial charge in [0.15, 0.2) is 0 Å². The van der Waals surface area contributed by atoms with Gasteiger partial charge in [0.2, 0.25) is 0 Å². The van der Waals surface area contributed by atoms with E-state index in [0.29, 0.717) is 26.2 Å². The highest BCUT2D eigenvalue weighted by molar-refractivity contribution is 6.46. The molecule has 2 aromatic carbocycles. The first-order valence-electron chi connectivity index (χ1n) is 4.99. The molecule has 0 atom stereocenters. The van der Waals surface area contributed by atoms with E-state index in [1.54, 1.807) is 12.1 Å². The number of nitro benzene ring substituents is 1. The second-order valence-corrected chi connectivity index (χ2v) is 5.24. The molecule has 0 bridgehead atoms. The van der Waals surface area contributed by atoms with Crippen LogP contribution in [0.15, 0.2) is 30.3 Å². The molecule has 0 spiro atoms. The van der Waals surface area contributed by atoms with E-state index in [1.165, 1.54) is 18.2 Å². The van der Waals surface area contributed by atoms with Gasteiger partial charge < -0.3 is 0 Å². The van der Waals surface area contributed by atoms with Crippen molar-refractivity contribution in [2.75, 3.05) is 0 Å². The molecule has 0 saturated carbocycles. The molecule has 0 heterocycles. The molecule has 98 valence electrons. The van der Waals surface area contributed by atoms with Gasteiger partial charge in [-0.2, -0.15) is 0 Å². The highest BCUT2D eigenvalue weighted by Crippen LogP contribution is 2.42. The number of halogens is 4. The van der Waals surface area contributed by atoms with Gasteiger partial charge in [-0.3, -0.25) is 10.1 Å². The molecular formula is C12H5Cl4NO2. The molecule has 0 aliphatic carbocycles. The van der Waals surface area contributed by atoms with E-state index in [9.17, 15) is 10.1 Å². The first kappa shape index (κ1) is 14.4. The summed E-state index contributed by atoms with van der Waals surface area (Å²) in [4.78, 5) is 10.3. The summed E-state index contributed by atoms with van der Waals surface area (Å²) in [7, 11) is 0. The Labute approximate surface area is 128 Å². The SMILES string of the molecule is O=[N+]([O-])c1ccc(Cl)c(-c2c(Cl)ccc(Cl)c2Cl)c1. The third kappa shape index (κ3) is 2.79. The van der Waals surface area contributed by atoms with Crippen LogP contribution in [-0.2, 0) is 0 Å². The molecule has 2 aromatic rings. The third-order valence-electron chi connectivity index (χ3n) is 2.47. The molecule has 0 saturated heterocycles. The second-order valence-electron chi connectivity index (χ2n) is 3.64. The Bertz CT molecular complexity index is 673. The summed E-state index contributed by atoms with van der Waals surface area (Å²) >= 11 is 24.1. The Kier molecular flexibility index (Phi) is 4.21. The number of rotatable bonds is 2. The maximum absolute atomic E-state index is 10.8. The van der Waals surface area contributed by atoms with Crippen LogP contribution in [0.1, 0.15) is 0 Å². The minimum atomic E-state index is -0.522. The molecular weight excluding hydrogens is 332 g/mol. The van der Waals surface area contributed by atoms with Crippen molar-refractivity contribution >= 4 is 52.1 Å². The first-order valence-corrected chi connectivity index (χ1v) is 6.51. The van der Waals surface area contributed by atoms with E-state index in [0.717, 1.165) is 0 Å². The average molecular weight is 337 g/mol. The van der Waals surface area contributed by atoms with Gasteiger partial charge in [0, 0.05) is 28.3 Å². The quantitative estimate of drug-likeness (QED) is 0.390. The molecule has 7 heteroatoms. The Balaban J connectivity index is 2.75. The van der Waals surface area contributed by atoms with Crippen molar-refractivity contribution in [1.29, 1.82) is 0 Å². The fraction of sp³-hybridized carbons (Fsp3) is 0. The Morgan fingerprint density at radius 1 is 0.895 bits per heavy atom. The van der Waals surface area contributed by atoms with Crippen LogP contribution in [0.2, 0.25) is 20.1 Å². The average Bonchev–Trinajstić information content (AvgIpc) is 2.36. The second kappa shape index (κ2) is 5.55. The smallest absolute Gasteiger partial charge is 0.258 e. The van der Waals surface area contributed by atoms with Gasteiger partial charge in [-0.1, -0.05) is 46.4 Å². The predicted octanol–water partition coefficient (Wildman–Crippen LogP) is 5.88. The van der Waals surface area contributed by atoms with Crippen LogP contribution in [0.4, 0.5) is 5.69 Å². The number of non-ortho nitro benzene ring substituents is 1. The van der Waals surface area contributed by atoms with Crippen LogP contribution in [0.5, 0.6) is 0 Å². The molecule has 0 fully saturated rings. The van der Waals surface area contributed by atoms with Crippen LogP contribution in [0.3, 0.4) is 0 Å². The molecule has 0 aliphatic heterocycles. The van der Waals surface area contributed by atoms with E-state index in [4.69, 9.17) is 46.4 Å². The topological polar surface area (TPSA) is 43.1 Å². The van der Waals surface area contributed by atoms with Gasteiger partial charge in [-0.05, 0) is 18.2 Å². The molecule has 0 amide bonds. The zero-order chi connectivity index (χ0) is 14.2. The largest absolute Gasteiger partial charge is 0.270 e. The molecule has 0 aliphatic rings. The highest BCUT2D eigenvalue weighted by Gasteiger charge is 2.17. The number of hydrogen-bond donors (Lipinski definition) is 0. The molecule has 0 unspecified atom stereocenters. The lowest BCUT2D eigenvalue weighted by Crippen LogP contribution is -1.90. The lowest BCUT2D eigenvalue weighted by atomic mass is 10.0. The lowest BCUT2D eigenvalue weighted by molar-refractivity contribution is -0.384. The maximum Gasteiger partial charge on any atom is 0.270 e. The van der Waals surface area contributed by atoms with Crippen molar-refractivity contribution < 1.29 is 4.92 Å². The van der Waals surface area contributed by atoms with Crippen molar-refractivity contribution in [2.24, 2.45) is 0 Å². The number of nitro groups is 1. The van der Waals surface area contributed by atoms with E-state index < -0.39 is 4.92 Å². The standard InChI is InChI=1S/C12H5Cl4NO2/c13-8-2-1-6(17(18)19)5-7(8)11-9(14)3-4-10(15)12(11)16/h1-5H. The molecule has 0 aromatic heterocycles. The van der Waals surface area contributed by atoms with E-state index in [-0.39, 0.29) is 10.7 Å². The van der Waals surface area contributed by atoms with Crippen LogP contribution in [0.25, 0.3) is 11.1 Å². The Morgan fingerprint density at radius 2 is 1.47 bits per heavy atom. The van der Waals surface area contributed by atoms with Gasteiger partial charge in [0.05, 0.1) is 20.0 Å². The summed E-state index contributed by atoms with van der Waals surface area (Å²) < 4.78 is 0. The predicted molar refractivity (Wildman–Crippen MR) is 78.6 cm³/mol. The zero-order valence-corrected chi connectivity index (χ0v) is 12.2. The minimum absolute atomic E-state index is 0.105. The van der Waals surface area contributed by atoms with Crippen LogP contribution >= 0.6 is 46.4 Å². The summed E-state index contributed by atoms with van der Waals surface area (Å²) in [5, 5.41) is 11.9. The summed E-state index contributed by atoms with van der Waals surface area (Å²) in [5.74, 6) is 0. The van der Waals surface area contributed by atoms with Crippen LogP contribution < -0.4 is 0 Å². The highest BCUT2D eigenvalue weighted by atomic mass is 35.5. The van der Waals surface area contributed by atoms with Gasteiger partial charge >= 0.3 is 0 Å². The summed E-state index contributed by atoms with van der Waals surface area (Å²) in [6, 6.07) is 7.13. The molecule has 0 N–H and O–H groups in total. The lowest BCUT2D eigenvalue weighted by Gasteiger charge is -2.10. The fourth-order valence-corrected chi connectivity index (χ4v) is 2.54. The first-order chi connectivity index (χ1) is 8.91.